The molecule has 0 aliphatic rings. The first-order chi connectivity index (χ1) is 8.24. The number of carbonyl (C=O) groups excluding carboxylic acids is 1. The van der Waals surface area contributed by atoms with E-state index in [9.17, 15) is 4.79 Å². The Morgan fingerprint density at radius 1 is 1.29 bits per heavy atom. The van der Waals surface area contributed by atoms with Crippen molar-refractivity contribution in [2.45, 2.75) is 26.3 Å². The van der Waals surface area contributed by atoms with Gasteiger partial charge in [0.1, 0.15) is 0 Å². The molecule has 4 N–H and O–H groups in total. The third-order valence-corrected chi connectivity index (χ3v) is 2.47. The maximum Gasteiger partial charge on any atom is 0.221 e. The average Bonchev–Trinajstić information content (AvgIpc) is 2.34. The van der Waals surface area contributed by atoms with Gasteiger partial charge in [-0.3, -0.25) is 4.79 Å². The first-order valence-electron chi connectivity index (χ1n) is 6.05. The highest BCUT2D eigenvalue weighted by Crippen LogP contribution is 2.09. The van der Waals surface area contributed by atoms with Crippen molar-refractivity contribution in [1.29, 1.82) is 0 Å². The normalized spacial score (nSPS) is 10.2. The molecule has 0 aliphatic heterocycles. The number of para-hydroxylation sites is 1. The summed E-state index contributed by atoms with van der Waals surface area (Å²) < 4.78 is 0. The number of nitrogen functional groups attached to an aromatic ring is 1. The van der Waals surface area contributed by atoms with Crippen molar-refractivity contribution >= 4 is 11.6 Å². The summed E-state index contributed by atoms with van der Waals surface area (Å²) in [4.78, 5) is 11.3. The van der Waals surface area contributed by atoms with E-state index in [2.05, 4.69) is 10.6 Å². The summed E-state index contributed by atoms with van der Waals surface area (Å²) in [6, 6.07) is 7.74. The maximum absolute atomic E-state index is 11.3. The van der Waals surface area contributed by atoms with Gasteiger partial charge in [0.25, 0.3) is 0 Å². The van der Waals surface area contributed by atoms with E-state index in [1.165, 1.54) is 0 Å². The third kappa shape index (κ3) is 5.36. The van der Waals surface area contributed by atoms with Crippen molar-refractivity contribution in [3.63, 3.8) is 0 Å². The molecule has 1 aromatic carbocycles. The van der Waals surface area contributed by atoms with Crippen molar-refractivity contribution < 1.29 is 4.79 Å². The zero-order chi connectivity index (χ0) is 12.5. The van der Waals surface area contributed by atoms with Gasteiger partial charge in [-0.15, -0.1) is 0 Å². The van der Waals surface area contributed by atoms with Crippen LogP contribution < -0.4 is 16.4 Å². The van der Waals surface area contributed by atoms with Crippen LogP contribution in [0.5, 0.6) is 0 Å². The van der Waals surface area contributed by atoms with Crippen molar-refractivity contribution in [1.82, 2.24) is 10.6 Å². The van der Waals surface area contributed by atoms with E-state index in [0.29, 0.717) is 19.5 Å². The molecule has 94 valence electrons. The van der Waals surface area contributed by atoms with Gasteiger partial charge in [0.05, 0.1) is 0 Å². The zero-order valence-electron chi connectivity index (χ0n) is 10.3. The fourth-order valence-electron chi connectivity index (χ4n) is 1.47. The summed E-state index contributed by atoms with van der Waals surface area (Å²) in [6.45, 7) is 4.17. The number of amides is 1. The second-order valence-electron chi connectivity index (χ2n) is 3.98. The Hall–Kier alpha value is -1.55. The summed E-state index contributed by atoms with van der Waals surface area (Å²) >= 11 is 0. The van der Waals surface area contributed by atoms with Crippen LogP contribution in [-0.4, -0.2) is 19.0 Å². The molecule has 4 nitrogen and oxygen atoms in total. The predicted octanol–water partition coefficient (Wildman–Crippen LogP) is 1.27. The minimum Gasteiger partial charge on any atom is -0.398 e. The van der Waals surface area contributed by atoms with Crippen LogP contribution in [0.3, 0.4) is 0 Å². The van der Waals surface area contributed by atoms with Gasteiger partial charge in [0.15, 0.2) is 0 Å². The molecule has 0 aliphatic carbocycles. The van der Waals surface area contributed by atoms with E-state index in [1.54, 1.807) is 0 Å². The van der Waals surface area contributed by atoms with Crippen LogP contribution in [0.15, 0.2) is 24.3 Å². The molecule has 0 fully saturated rings. The predicted molar refractivity (Wildman–Crippen MR) is 70.5 cm³/mol. The Kier molecular flexibility index (Phi) is 6.10. The minimum absolute atomic E-state index is 0.0976. The van der Waals surface area contributed by atoms with Crippen LogP contribution in [-0.2, 0) is 11.3 Å². The van der Waals surface area contributed by atoms with Gasteiger partial charge in [-0.2, -0.15) is 0 Å². The highest BCUT2D eigenvalue weighted by atomic mass is 16.1. The van der Waals surface area contributed by atoms with Crippen LogP contribution in [0.2, 0.25) is 0 Å². The molecule has 1 rings (SSSR count). The SMILES string of the molecule is CCCNC(=O)CCNCc1ccccc1N. The maximum atomic E-state index is 11.3. The van der Waals surface area contributed by atoms with Gasteiger partial charge in [0, 0.05) is 31.7 Å². The standard InChI is InChI=1S/C13H21N3O/c1-2-8-16-13(17)7-9-15-10-11-5-3-4-6-12(11)14/h3-6,15H,2,7-10,14H2,1H3,(H,16,17). The average molecular weight is 235 g/mol. The second kappa shape index (κ2) is 7.68. The van der Waals surface area contributed by atoms with E-state index in [-0.39, 0.29) is 5.91 Å². The van der Waals surface area contributed by atoms with E-state index < -0.39 is 0 Å². The zero-order valence-corrected chi connectivity index (χ0v) is 10.3. The van der Waals surface area contributed by atoms with E-state index >= 15 is 0 Å². The monoisotopic (exact) mass is 235 g/mol. The fourth-order valence-corrected chi connectivity index (χ4v) is 1.47. The molecule has 1 aromatic rings. The number of benzene rings is 1. The summed E-state index contributed by atoms with van der Waals surface area (Å²) in [5, 5.41) is 6.05. The van der Waals surface area contributed by atoms with Crippen molar-refractivity contribution in [3.8, 4) is 0 Å². The van der Waals surface area contributed by atoms with Gasteiger partial charge in [-0.05, 0) is 18.1 Å². The smallest absolute Gasteiger partial charge is 0.221 e. The Balaban J connectivity index is 2.16. The molecule has 0 spiro atoms. The highest BCUT2D eigenvalue weighted by molar-refractivity contribution is 5.75. The van der Waals surface area contributed by atoms with E-state index in [4.69, 9.17) is 5.73 Å². The number of carbonyl (C=O) groups is 1. The number of anilines is 1. The summed E-state index contributed by atoms with van der Waals surface area (Å²) in [5.41, 5.74) is 7.67. The minimum atomic E-state index is 0.0976. The molecular weight excluding hydrogens is 214 g/mol. The first-order valence-corrected chi connectivity index (χ1v) is 6.05. The Bertz CT molecular complexity index is 352. The number of nitrogens with one attached hydrogen (secondary N) is 2. The number of hydrogen-bond acceptors (Lipinski definition) is 3. The molecule has 0 unspecified atom stereocenters. The number of rotatable bonds is 7. The highest BCUT2D eigenvalue weighted by Gasteiger charge is 2.00. The topological polar surface area (TPSA) is 67.2 Å². The molecule has 0 atom stereocenters. The Labute approximate surface area is 103 Å². The van der Waals surface area contributed by atoms with Crippen LogP contribution in [0.25, 0.3) is 0 Å². The van der Waals surface area contributed by atoms with Crippen molar-refractivity contribution in [2.24, 2.45) is 0 Å². The molecule has 1 amide bonds. The Morgan fingerprint density at radius 2 is 2.06 bits per heavy atom. The van der Waals surface area contributed by atoms with Crippen molar-refractivity contribution in [2.75, 3.05) is 18.8 Å². The largest absolute Gasteiger partial charge is 0.398 e. The molecule has 0 bridgehead atoms. The van der Waals surface area contributed by atoms with Gasteiger partial charge < -0.3 is 16.4 Å². The van der Waals surface area contributed by atoms with Crippen LogP contribution in [0.1, 0.15) is 25.3 Å². The lowest BCUT2D eigenvalue weighted by Crippen LogP contribution is -2.28. The van der Waals surface area contributed by atoms with Gasteiger partial charge >= 0.3 is 0 Å². The lowest BCUT2D eigenvalue weighted by Gasteiger charge is -2.07. The van der Waals surface area contributed by atoms with Gasteiger partial charge in [0.2, 0.25) is 5.91 Å². The van der Waals surface area contributed by atoms with Crippen molar-refractivity contribution in [3.05, 3.63) is 29.8 Å². The Morgan fingerprint density at radius 3 is 2.76 bits per heavy atom. The van der Waals surface area contributed by atoms with Gasteiger partial charge in [-0.25, -0.2) is 0 Å². The lowest BCUT2D eigenvalue weighted by atomic mass is 10.2. The van der Waals surface area contributed by atoms with E-state index in [1.807, 2.05) is 31.2 Å². The number of nitrogens with two attached hydrogens (primary N) is 1. The summed E-state index contributed by atoms with van der Waals surface area (Å²) in [5.74, 6) is 0.0976. The molecule has 0 saturated heterocycles. The molecule has 17 heavy (non-hydrogen) atoms. The van der Waals surface area contributed by atoms with Crippen LogP contribution in [0.4, 0.5) is 5.69 Å². The van der Waals surface area contributed by atoms with E-state index in [0.717, 1.165) is 24.2 Å². The second-order valence-corrected chi connectivity index (χ2v) is 3.98. The lowest BCUT2D eigenvalue weighted by molar-refractivity contribution is -0.120. The molecule has 0 heterocycles. The quantitative estimate of drug-likeness (QED) is 0.492. The molecule has 0 saturated carbocycles. The summed E-state index contributed by atoms with van der Waals surface area (Å²) in [6.07, 6.45) is 1.48. The van der Waals surface area contributed by atoms with Crippen LogP contribution in [0, 0.1) is 0 Å². The number of hydrogen-bond donors (Lipinski definition) is 3. The fraction of sp³-hybridized carbons (Fsp3) is 0.462. The van der Waals surface area contributed by atoms with Crippen LogP contribution >= 0.6 is 0 Å². The molecular formula is C13H21N3O. The molecule has 0 radical (unpaired) electrons. The summed E-state index contributed by atoms with van der Waals surface area (Å²) in [7, 11) is 0. The third-order valence-electron chi connectivity index (χ3n) is 2.47. The van der Waals surface area contributed by atoms with Gasteiger partial charge in [-0.1, -0.05) is 25.1 Å². The molecule has 4 heteroatoms. The molecule has 0 aromatic heterocycles. The first kappa shape index (κ1) is 13.5.